The van der Waals surface area contributed by atoms with Crippen LogP contribution in [0.4, 0.5) is 0 Å². The van der Waals surface area contributed by atoms with Gasteiger partial charge in [-0.1, -0.05) is 37.3 Å². The molecule has 0 N–H and O–H groups in total. The third kappa shape index (κ3) is 4.14. The molecule has 2 aromatic rings. The minimum atomic E-state index is 0.0382. The lowest BCUT2D eigenvalue weighted by molar-refractivity contribution is 0.0671. The van der Waals surface area contributed by atoms with Crippen LogP contribution in [0.25, 0.3) is 0 Å². The highest BCUT2D eigenvalue weighted by atomic mass is 79.9. The molecule has 0 fully saturated rings. The number of aromatic nitrogens is 1. The summed E-state index contributed by atoms with van der Waals surface area (Å²) in [6.07, 6.45) is 2.57. The van der Waals surface area contributed by atoms with E-state index in [1.165, 1.54) is 0 Å². The van der Waals surface area contributed by atoms with E-state index in [-0.39, 0.29) is 11.9 Å². The summed E-state index contributed by atoms with van der Waals surface area (Å²) in [5, 5.41) is 0. The molecule has 0 aliphatic heterocycles. The third-order valence-electron chi connectivity index (χ3n) is 3.55. The van der Waals surface area contributed by atoms with Crippen LogP contribution in [0, 0.1) is 0 Å². The fraction of sp³-hybridized carbons (Fsp3) is 0.294. The van der Waals surface area contributed by atoms with Crippen LogP contribution in [-0.2, 0) is 6.54 Å². The quantitative estimate of drug-likeness (QED) is 0.756. The summed E-state index contributed by atoms with van der Waals surface area (Å²) in [6.45, 7) is 4.80. The van der Waals surface area contributed by atoms with E-state index in [1.54, 1.807) is 18.3 Å². The van der Waals surface area contributed by atoms with Crippen LogP contribution in [0.3, 0.4) is 0 Å². The zero-order valence-corrected chi connectivity index (χ0v) is 13.9. The maximum Gasteiger partial charge on any atom is 0.254 e. The highest BCUT2D eigenvalue weighted by molar-refractivity contribution is 9.10. The molecule has 0 aliphatic carbocycles. The second-order valence-corrected chi connectivity index (χ2v) is 5.86. The fourth-order valence-corrected chi connectivity index (χ4v) is 2.49. The molecule has 110 valence electrons. The van der Waals surface area contributed by atoms with E-state index in [1.807, 2.05) is 35.2 Å². The second kappa shape index (κ2) is 7.36. The van der Waals surface area contributed by atoms with Crippen LogP contribution in [0.2, 0.25) is 0 Å². The largest absolute Gasteiger partial charge is 0.332 e. The summed E-state index contributed by atoms with van der Waals surface area (Å²) < 4.78 is 0.678. The Morgan fingerprint density at radius 2 is 2.00 bits per heavy atom. The number of carbonyl (C=O) groups is 1. The average molecular weight is 347 g/mol. The summed E-state index contributed by atoms with van der Waals surface area (Å²) in [6, 6.07) is 13.8. The first-order valence-corrected chi connectivity index (χ1v) is 7.87. The van der Waals surface area contributed by atoms with Crippen molar-refractivity contribution in [3.05, 3.63) is 64.4 Å². The number of nitrogens with zero attached hydrogens (tertiary/aromatic N) is 2. The van der Waals surface area contributed by atoms with Crippen LogP contribution < -0.4 is 0 Å². The van der Waals surface area contributed by atoms with Gasteiger partial charge in [0.1, 0.15) is 4.60 Å². The van der Waals surface area contributed by atoms with E-state index in [9.17, 15) is 4.79 Å². The Kier molecular flexibility index (Phi) is 5.51. The Balaban J connectivity index is 2.25. The Morgan fingerprint density at radius 1 is 1.29 bits per heavy atom. The first kappa shape index (κ1) is 15.7. The van der Waals surface area contributed by atoms with Gasteiger partial charge >= 0.3 is 0 Å². The molecule has 2 rings (SSSR count). The molecular formula is C17H19BrN2O. The third-order valence-corrected chi connectivity index (χ3v) is 3.99. The van der Waals surface area contributed by atoms with Gasteiger partial charge < -0.3 is 4.90 Å². The first-order chi connectivity index (χ1) is 10.1. The first-order valence-electron chi connectivity index (χ1n) is 7.08. The Bertz CT molecular complexity index is 601. The molecule has 0 aliphatic rings. The van der Waals surface area contributed by atoms with Crippen LogP contribution in [0.5, 0.6) is 0 Å². The van der Waals surface area contributed by atoms with Gasteiger partial charge in [-0.05, 0) is 47.0 Å². The molecule has 0 saturated carbocycles. The minimum absolute atomic E-state index is 0.0382. The second-order valence-electron chi connectivity index (χ2n) is 5.04. The molecule has 0 saturated heterocycles. The fourth-order valence-electron chi connectivity index (χ4n) is 2.13. The van der Waals surface area contributed by atoms with Crippen molar-refractivity contribution in [2.45, 2.75) is 32.9 Å². The zero-order valence-electron chi connectivity index (χ0n) is 12.3. The van der Waals surface area contributed by atoms with Gasteiger partial charge in [-0.3, -0.25) is 4.79 Å². The molecule has 4 heteroatoms. The number of benzene rings is 1. The van der Waals surface area contributed by atoms with Crippen LogP contribution in [0.1, 0.15) is 36.2 Å². The number of hydrogen-bond donors (Lipinski definition) is 0. The topological polar surface area (TPSA) is 33.2 Å². The van der Waals surface area contributed by atoms with Crippen molar-refractivity contribution in [2.24, 2.45) is 0 Å². The van der Waals surface area contributed by atoms with Gasteiger partial charge in [-0.25, -0.2) is 4.98 Å². The highest BCUT2D eigenvalue weighted by Gasteiger charge is 2.21. The average Bonchev–Trinajstić information content (AvgIpc) is 2.52. The summed E-state index contributed by atoms with van der Waals surface area (Å²) in [5.74, 6) is 0.0382. The van der Waals surface area contributed by atoms with Crippen molar-refractivity contribution < 1.29 is 4.79 Å². The number of amides is 1. The molecule has 1 atom stereocenters. The lowest BCUT2D eigenvalue weighted by Crippen LogP contribution is -2.37. The van der Waals surface area contributed by atoms with Gasteiger partial charge in [-0.2, -0.15) is 0 Å². The molecule has 0 bridgehead atoms. The summed E-state index contributed by atoms with van der Waals surface area (Å²) >= 11 is 3.32. The van der Waals surface area contributed by atoms with E-state index >= 15 is 0 Å². The van der Waals surface area contributed by atoms with Crippen LogP contribution in [-0.4, -0.2) is 21.8 Å². The molecule has 21 heavy (non-hydrogen) atoms. The van der Waals surface area contributed by atoms with E-state index in [4.69, 9.17) is 0 Å². The molecule has 3 nitrogen and oxygen atoms in total. The maximum absolute atomic E-state index is 12.8. The molecule has 1 aromatic carbocycles. The van der Waals surface area contributed by atoms with E-state index in [0.29, 0.717) is 16.7 Å². The normalized spacial score (nSPS) is 12.0. The predicted molar refractivity (Wildman–Crippen MR) is 88.0 cm³/mol. The lowest BCUT2D eigenvalue weighted by atomic mass is 10.1. The summed E-state index contributed by atoms with van der Waals surface area (Å²) in [5.41, 5.74) is 1.80. The highest BCUT2D eigenvalue weighted by Crippen LogP contribution is 2.17. The lowest BCUT2D eigenvalue weighted by Gasteiger charge is -2.29. The standard InChI is InChI=1S/C17H19BrN2O/c1-3-13(2)20(12-14-7-5-4-6-8-14)17(21)15-9-10-19-16(18)11-15/h4-11,13H,3,12H2,1-2H3. The smallest absolute Gasteiger partial charge is 0.254 e. The van der Waals surface area contributed by atoms with Crippen LogP contribution >= 0.6 is 15.9 Å². The number of halogens is 1. The molecule has 1 aromatic heterocycles. The monoisotopic (exact) mass is 346 g/mol. The van der Waals surface area contributed by atoms with Crippen molar-refractivity contribution in [1.82, 2.24) is 9.88 Å². The number of pyridine rings is 1. The predicted octanol–water partition coefficient (Wildman–Crippen LogP) is 4.29. The Hall–Kier alpha value is -1.68. The number of hydrogen-bond acceptors (Lipinski definition) is 2. The van der Waals surface area contributed by atoms with Gasteiger partial charge in [0.2, 0.25) is 0 Å². The van der Waals surface area contributed by atoms with E-state index in [0.717, 1.165) is 12.0 Å². The van der Waals surface area contributed by atoms with E-state index < -0.39 is 0 Å². The van der Waals surface area contributed by atoms with Crippen molar-refractivity contribution in [3.8, 4) is 0 Å². The summed E-state index contributed by atoms with van der Waals surface area (Å²) in [4.78, 5) is 18.8. The van der Waals surface area contributed by atoms with Gasteiger partial charge in [0.15, 0.2) is 0 Å². The van der Waals surface area contributed by atoms with Crippen molar-refractivity contribution in [2.75, 3.05) is 0 Å². The molecule has 1 unspecified atom stereocenters. The zero-order chi connectivity index (χ0) is 15.2. The number of carbonyl (C=O) groups excluding carboxylic acids is 1. The molecular weight excluding hydrogens is 328 g/mol. The van der Waals surface area contributed by atoms with Gasteiger partial charge in [0.05, 0.1) is 0 Å². The van der Waals surface area contributed by atoms with Gasteiger partial charge in [0, 0.05) is 24.3 Å². The molecule has 0 radical (unpaired) electrons. The Morgan fingerprint density at radius 3 is 2.62 bits per heavy atom. The molecule has 0 spiro atoms. The minimum Gasteiger partial charge on any atom is -0.332 e. The SMILES string of the molecule is CCC(C)N(Cc1ccccc1)C(=O)c1ccnc(Br)c1. The summed E-state index contributed by atoms with van der Waals surface area (Å²) in [7, 11) is 0. The molecule has 1 amide bonds. The van der Waals surface area contributed by atoms with E-state index in [2.05, 4.69) is 34.8 Å². The van der Waals surface area contributed by atoms with Crippen molar-refractivity contribution >= 4 is 21.8 Å². The maximum atomic E-state index is 12.8. The molecule has 1 heterocycles. The van der Waals surface area contributed by atoms with Crippen molar-refractivity contribution in [3.63, 3.8) is 0 Å². The van der Waals surface area contributed by atoms with Crippen LogP contribution in [0.15, 0.2) is 53.3 Å². The van der Waals surface area contributed by atoms with Crippen molar-refractivity contribution in [1.29, 1.82) is 0 Å². The number of rotatable bonds is 5. The van der Waals surface area contributed by atoms with Gasteiger partial charge in [-0.15, -0.1) is 0 Å². The Labute approximate surface area is 134 Å². The van der Waals surface area contributed by atoms with Gasteiger partial charge in [0.25, 0.3) is 5.91 Å².